The Labute approximate surface area is 170 Å². The Bertz CT molecular complexity index is 1050. The van der Waals surface area contributed by atoms with E-state index >= 15 is 0 Å². The van der Waals surface area contributed by atoms with Crippen LogP contribution in [0.1, 0.15) is 27.2 Å². The highest BCUT2D eigenvalue weighted by atomic mass is 16.3. The van der Waals surface area contributed by atoms with Crippen molar-refractivity contribution in [2.24, 2.45) is 0 Å². The number of phenols is 1. The fourth-order valence-corrected chi connectivity index (χ4v) is 4.17. The van der Waals surface area contributed by atoms with Gasteiger partial charge in [0.1, 0.15) is 49.8 Å². The van der Waals surface area contributed by atoms with E-state index in [4.69, 9.17) is 4.42 Å². The number of piperazine rings is 1. The first kappa shape index (κ1) is 19.5. The maximum atomic E-state index is 13.2. The smallest absolute Gasteiger partial charge is 0.259 e. The van der Waals surface area contributed by atoms with Crippen LogP contribution in [0.25, 0.3) is 11.0 Å². The number of fused-ring (bicyclic) bond motifs is 1. The number of anilines is 1. The Kier molecular flexibility index (Phi) is 5.30. The van der Waals surface area contributed by atoms with E-state index in [-0.39, 0.29) is 11.7 Å². The van der Waals surface area contributed by atoms with Crippen LogP contribution < -0.4 is 15.1 Å². The highest BCUT2D eigenvalue weighted by molar-refractivity contribution is 6.14. The number of amides is 1. The number of benzene rings is 2. The first-order chi connectivity index (χ1) is 13.9. The normalized spacial score (nSPS) is 19.4. The van der Waals surface area contributed by atoms with E-state index in [0.717, 1.165) is 48.4 Å². The summed E-state index contributed by atoms with van der Waals surface area (Å²) in [4.78, 5) is 16.2. The largest absolute Gasteiger partial charge is 0.507 e. The molecule has 4 N–H and O–H groups in total. The summed E-state index contributed by atoms with van der Waals surface area (Å²) in [6.07, 6.45) is 0. The number of furan rings is 1. The van der Waals surface area contributed by atoms with E-state index in [1.807, 2.05) is 31.2 Å². The van der Waals surface area contributed by atoms with Crippen LogP contribution >= 0.6 is 0 Å². The molecule has 1 aliphatic heterocycles. The fraction of sp³-hybridized carbons (Fsp3) is 0.348. The predicted octanol–water partition coefficient (Wildman–Crippen LogP) is 0.921. The van der Waals surface area contributed by atoms with Crippen molar-refractivity contribution in [1.29, 1.82) is 0 Å². The molecule has 0 unspecified atom stereocenters. The van der Waals surface area contributed by atoms with Crippen LogP contribution in [-0.2, 0) is 6.54 Å². The van der Waals surface area contributed by atoms with Crippen LogP contribution in [0.2, 0.25) is 0 Å². The van der Waals surface area contributed by atoms with E-state index in [2.05, 4.69) is 12.4 Å². The van der Waals surface area contributed by atoms with E-state index in [9.17, 15) is 9.90 Å². The molecule has 4 rings (SSSR count). The Balaban J connectivity index is 1.72. The zero-order valence-electron chi connectivity index (χ0n) is 17.3. The van der Waals surface area contributed by atoms with Crippen LogP contribution in [-0.4, -0.2) is 44.2 Å². The number of para-hydroxylation sites is 1. The molecular formula is C23H29N3O3+2. The molecule has 0 radical (unpaired) electrons. The van der Waals surface area contributed by atoms with Crippen molar-refractivity contribution < 1.29 is 24.1 Å². The molecule has 6 nitrogen and oxygen atoms in total. The van der Waals surface area contributed by atoms with Crippen LogP contribution in [0.15, 0.2) is 40.8 Å². The summed E-state index contributed by atoms with van der Waals surface area (Å²) in [6.45, 7) is 8.76. The van der Waals surface area contributed by atoms with E-state index < -0.39 is 0 Å². The molecule has 1 aromatic heterocycles. The lowest BCUT2D eigenvalue weighted by Gasteiger charge is -2.27. The third-order valence-electron chi connectivity index (χ3n) is 5.97. The third kappa shape index (κ3) is 3.86. The van der Waals surface area contributed by atoms with Gasteiger partial charge in [0.15, 0.2) is 0 Å². The van der Waals surface area contributed by atoms with Gasteiger partial charge in [0.25, 0.3) is 5.91 Å². The molecule has 2 heterocycles. The van der Waals surface area contributed by atoms with Gasteiger partial charge in [0, 0.05) is 11.1 Å². The Morgan fingerprint density at radius 2 is 1.83 bits per heavy atom. The van der Waals surface area contributed by atoms with Crippen molar-refractivity contribution >= 4 is 22.6 Å². The van der Waals surface area contributed by atoms with Gasteiger partial charge >= 0.3 is 0 Å². The highest BCUT2D eigenvalue weighted by Crippen LogP contribution is 2.34. The minimum absolute atomic E-state index is 0.208. The van der Waals surface area contributed by atoms with Crippen molar-refractivity contribution in [1.82, 2.24) is 0 Å². The molecule has 0 spiro atoms. The van der Waals surface area contributed by atoms with Crippen molar-refractivity contribution in [3.05, 3.63) is 58.8 Å². The number of nitrogens with one attached hydrogen (secondary N) is 3. The zero-order chi connectivity index (χ0) is 20.5. The molecule has 29 heavy (non-hydrogen) atoms. The predicted molar refractivity (Wildman–Crippen MR) is 113 cm³/mol. The van der Waals surface area contributed by atoms with Gasteiger partial charge in [-0.15, -0.1) is 0 Å². The third-order valence-corrected chi connectivity index (χ3v) is 5.97. The maximum Gasteiger partial charge on any atom is 0.259 e. The van der Waals surface area contributed by atoms with Gasteiger partial charge in [-0.1, -0.05) is 18.2 Å². The molecule has 1 amide bonds. The second kappa shape index (κ2) is 7.89. The molecule has 0 atom stereocenters. The van der Waals surface area contributed by atoms with Gasteiger partial charge in [0.05, 0.1) is 18.2 Å². The molecule has 0 saturated carbocycles. The molecule has 1 saturated heterocycles. The number of carbonyl (C=O) groups excluding carboxylic acids is 1. The molecule has 3 aromatic rings. The first-order valence-corrected chi connectivity index (χ1v) is 10.2. The number of aryl methyl sites for hydroxylation is 2. The average molecular weight is 396 g/mol. The lowest BCUT2D eigenvalue weighted by molar-refractivity contribution is -1.01. The molecule has 6 heteroatoms. The summed E-state index contributed by atoms with van der Waals surface area (Å²) in [5, 5.41) is 14.4. The monoisotopic (exact) mass is 395 g/mol. The molecule has 2 aromatic carbocycles. The Morgan fingerprint density at radius 1 is 1.10 bits per heavy atom. The standard InChI is InChI=1S/C23H27N3O3/c1-15-6-4-5-7-18(15)24-23(28)21-16(2)29-20-9-8-19(27)17(22(20)21)14-26-12-10-25(3)11-13-26/h4-9,27H,10-14H2,1-3H3,(H,24,28)/p+2. The number of quaternary nitrogens is 2. The number of aromatic hydroxyl groups is 1. The molecular weight excluding hydrogens is 366 g/mol. The topological polar surface area (TPSA) is 71.3 Å². The van der Waals surface area contributed by atoms with Gasteiger partial charge in [0.2, 0.25) is 0 Å². The second-order valence-corrected chi connectivity index (χ2v) is 8.12. The number of hydrogen-bond donors (Lipinski definition) is 4. The van der Waals surface area contributed by atoms with E-state index in [1.54, 1.807) is 19.1 Å². The quantitative estimate of drug-likeness (QED) is 0.531. The number of hydrogen-bond acceptors (Lipinski definition) is 3. The van der Waals surface area contributed by atoms with Crippen LogP contribution in [0.4, 0.5) is 5.69 Å². The summed E-state index contributed by atoms with van der Waals surface area (Å²) in [7, 11) is 2.21. The van der Waals surface area contributed by atoms with Gasteiger partial charge in [-0.2, -0.15) is 0 Å². The summed E-state index contributed by atoms with van der Waals surface area (Å²) in [5.41, 5.74) is 3.72. The van der Waals surface area contributed by atoms with Gasteiger partial charge in [-0.25, -0.2) is 0 Å². The van der Waals surface area contributed by atoms with Crippen molar-refractivity contribution in [3.8, 4) is 5.75 Å². The van der Waals surface area contributed by atoms with Crippen molar-refractivity contribution in [2.45, 2.75) is 20.4 Å². The number of rotatable bonds is 4. The van der Waals surface area contributed by atoms with Gasteiger partial charge in [-0.3, -0.25) is 4.79 Å². The fourth-order valence-electron chi connectivity index (χ4n) is 4.17. The lowest BCUT2D eigenvalue weighted by atomic mass is 10.0. The second-order valence-electron chi connectivity index (χ2n) is 8.12. The first-order valence-electron chi connectivity index (χ1n) is 10.2. The number of phenolic OH excluding ortho intramolecular Hbond substituents is 1. The number of carbonyl (C=O) groups is 1. The molecule has 1 fully saturated rings. The molecule has 1 aliphatic rings. The summed E-state index contributed by atoms with van der Waals surface area (Å²) < 4.78 is 5.90. The summed E-state index contributed by atoms with van der Waals surface area (Å²) in [6, 6.07) is 11.1. The van der Waals surface area contributed by atoms with Gasteiger partial charge < -0.3 is 24.6 Å². The summed E-state index contributed by atoms with van der Waals surface area (Å²) >= 11 is 0. The minimum Gasteiger partial charge on any atom is -0.507 e. The molecule has 0 aliphatic carbocycles. The molecule has 152 valence electrons. The summed E-state index contributed by atoms with van der Waals surface area (Å²) in [5.74, 6) is 0.581. The minimum atomic E-state index is -0.208. The average Bonchev–Trinajstić information content (AvgIpc) is 3.04. The highest BCUT2D eigenvalue weighted by Gasteiger charge is 2.27. The van der Waals surface area contributed by atoms with Crippen LogP contribution in [0, 0.1) is 13.8 Å². The Hall–Kier alpha value is -2.83. The van der Waals surface area contributed by atoms with Crippen molar-refractivity contribution in [3.63, 3.8) is 0 Å². The van der Waals surface area contributed by atoms with E-state index in [0.29, 0.717) is 23.5 Å². The Morgan fingerprint density at radius 3 is 2.55 bits per heavy atom. The van der Waals surface area contributed by atoms with Crippen molar-refractivity contribution in [2.75, 3.05) is 38.5 Å². The lowest BCUT2D eigenvalue weighted by Crippen LogP contribution is -3.26. The van der Waals surface area contributed by atoms with E-state index in [1.165, 1.54) is 9.80 Å². The molecule has 0 bridgehead atoms. The zero-order valence-corrected chi connectivity index (χ0v) is 17.3. The SMILES string of the molecule is Cc1ccccc1NC(=O)c1c(C)oc2ccc(O)c(C[NH+]3CC[NH+](C)CC3)c12. The number of likely N-dealkylation sites (N-methyl/N-ethyl adjacent to an activating group) is 1. The van der Waals surface area contributed by atoms with Gasteiger partial charge in [-0.05, 0) is 37.6 Å². The van der Waals surface area contributed by atoms with Crippen LogP contribution in [0.3, 0.4) is 0 Å². The van der Waals surface area contributed by atoms with Crippen LogP contribution in [0.5, 0.6) is 5.75 Å². The maximum absolute atomic E-state index is 13.2.